The van der Waals surface area contributed by atoms with Gasteiger partial charge in [-0.2, -0.15) is 0 Å². The lowest BCUT2D eigenvalue weighted by Crippen LogP contribution is -2.43. The molecule has 0 amide bonds. The van der Waals surface area contributed by atoms with Crippen molar-refractivity contribution >= 4 is 5.97 Å². The molecular formula is C20H24O3. The normalized spacial score (nSPS) is 13.6. The number of hydrogen-bond donors (Lipinski definition) is 2. The third kappa shape index (κ3) is 3.15. The molecule has 3 nitrogen and oxygen atoms in total. The van der Waals surface area contributed by atoms with Gasteiger partial charge in [-0.1, -0.05) is 68.4 Å². The molecule has 1 unspecified atom stereocenters. The molecule has 0 fully saturated rings. The molecule has 1 atom stereocenters. The molecule has 23 heavy (non-hydrogen) atoms. The van der Waals surface area contributed by atoms with E-state index < -0.39 is 22.9 Å². The van der Waals surface area contributed by atoms with E-state index in [0.717, 1.165) is 16.7 Å². The summed E-state index contributed by atoms with van der Waals surface area (Å²) in [5.41, 5.74) is 1.04. The molecule has 0 bridgehead atoms. The first-order valence-electron chi connectivity index (χ1n) is 7.75. The molecule has 2 N–H and O–H groups in total. The molecule has 0 aliphatic heterocycles. The summed E-state index contributed by atoms with van der Waals surface area (Å²) in [6, 6.07) is 17.6. The Balaban J connectivity index is 2.30. The Labute approximate surface area is 137 Å². The van der Waals surface area contributed by atoms with Crippen LogP contribution in [0, 0.1) is 10.8 Å². The topological polar surface area (TPSA) is 57.5 Å². The molecule has 2 aromatic rings. The van der Waals surface area contributed by atoms with Crippen molar-refractivity contribution in [1.29, 1.82) is 0 Å². The van der Waals surface area contributed by atoms with Crippen molar-refractivity contribution in [3.8, 4) is 11.1 Å². The SMILES string of the molecule is CC(C)(C(=O)O)C(C)(C)C(O)c1ccc(-c2ccccc2)cc1. The lowest BCUT2D eigenvalue weighted by atomic mass is 9.63. The standard InChI is InChI=1S/C20H24O3/c1-19(2,20(3,4)18(22)23)17(21)16-12-10-15(11-13-16)14-8-6-5-7-9-14/h5-13,17,21H,1-4H3,(H,22,23). The first kappa shape index (κ1) is 17.2. The van der Waals surface area contributed by atoms with Gasteiger partial charge in [0.2, 0.25) is 0 Å². The fraction of sp³-hybridized carbons (Fsp3) is 0.350. The second-order valence-electron chi connectivity index (χ2n) is 7.04. The average Bonchev–Trinajstić information content (AvgIpc) is 2.54. The van der Waals surface area contributed by atoms with Gasteiger partial charge in [-0.25, -0.2) is 0 Å². The lowest BCUT2D eigenvalue weighted by Gasteiger charge is -2.42. The molecule has 0 saturated carbocycles. The van der Waals surface area contributed by atoms with Crippen LogP contribution in [0.4, 0.5) is 0 Å². The molecule has 0 radical (unpaired) electrons. The number of rotatable bonds is 5. The van der Waals surface area contributed by atoms with Crippen LogP contribution in [0.5, 0.6) is 0 Å². The Kier molecular flexibility index (Phi) is 4.62. The van der Waals surface area contributed by atoms with Gasteiger partial charge in [0, 0.05) is 5.41 Å². The van der Waals surface area contributed by atoms with Gasteiger partial charge < -0.3 is 10.2 Å². The molecule has 3 heteroatoms. The summed E-state index contributed by atoms with van der Waals surface area (Å²) < 4.78 is 0. The number of benzene rings is 2. The second kappa shape index (κ2) is 6.17. The maximum absolute atomic E-state index is 11.5. The maximum Gasteiger partial charge on any atom is 0.309 e. The summed E-state index contributed by atoms with van der Waals surface area (Å²) in [5, 5.41) is 20.2. The zero-order chi connectivity index (χ0) is 17.3. The molecule has 2 rings (SSSR count). The summed E-state index contributed by atoms with van der Waals surface area (Å²) >= 11 is 0. The lowest BCUT2D eigenvalue weighted by molar-refractivity contribution is -0.160. The van der Waals surface area contributed by atoms with Gasteiger partial charge in [0.05, 0.1) is 11.5 Å². The van der Waals surface area contributed by atoms with Crippen molar-refractivity contribution in [2.24, 2.45) is 10.8 Å². The van der Waals surface area contributed by atoms with E-state index in [0.29, 0.717) is 0 Å². The minimum atomic E-state index is -1.05. The smallest absolute Gasteiger partial charge is 0.309 e. The average molecular weight is 312 g/mol. The van der Waals surface area contributed by atoms with E-state index >= 15 is 0 Å². The van der Waals surface area contributed by atoms with Gasteiger partial charge in [0.15, 0.2) is 0 Å². The van der Waals surface area contributed by atoms with Crippen LogP contribution in [0.2, 0.25) is 0 Å². The van der Waals surface area contributed by atoms with Crippen LogP contribution in [-0.4, -0.2) is 16.2 Å². The molecule has 122 valence electrons. The summed E-state index contributed by atoms with van der Waals surface area (Å²) in [5.74, 6) is -0.914. The van der Waals surface area contributed by atoms with Crippen molar-refractivity contribution in [2.45, 2.75) is 33.8 Å². The highest BCUT2D eigenvalue weighted by molar-refractivity contribution is 5.75. The van der Waals surface area contributed by atoms with Crippen molar-refractivity contribution in [3.63, 3.8) is 0 Å². The monoisotopic (exact) mass is 312 g/mol. The van der Waals surface area contributed by atoms with E-state index in [9.17, 15) is 15.0 Å². The van der Waals surface area contributed by atoms with Gasteiger partial charge >= 0.3 is 5.97 Å². The third-order valence-electron chi connectivity index (χ3n) is 5.16. The minimum absolute atomic E-state index is 0.726. The first-order chi connectivity index (χ1) is 10.7. The Hall–Kier alpha value is -2.13. The van der Waals surface area contributed by atoms with Gasteiger partial charge in [-0.3, -0.25) is 4.79 Å². The molecule has 2 aromatic carbocycles. The Morgan fingerprint density at radius 3 is 1.83 bits per heavy atom. The highest BCUT2D eigenvalue weighted by Crippen LogP contribution is 2.48. The van der Waals surface area contributed by atoms with Crippen molar-refractivity contribution in [2.75, 3.05) is 0 Å². The fourth-order valence-electron chi connectivity index (χ4n) is 2.52. The van der Waals surface area contributed by atoms with E-state index in [1.807, 2.05) is 54.6 Å². The predicted octanol–water partition coefficient (Wildman–Crippen LogP) is 4.52. The summed E-state index contributed by atoms with van der Waals surface area (Å²) in [6.07, 6.45) is -0.863. The van der Waals surface area contributed by atoms with E-state index in [4.69, 9.17) is 0 Å². The maximum atomic E-state index is 11.5. The van der Waals surface area contributed by atoms with Crippen LogP contribution in [0.25, 0.3) is 11.1 Å². The molecule has 0 aliphatic carbocycles. The summed E-state index contributed by atoms with van der Waals surface area (Å²) in [4.78, 5) is 11.5. The van der Waals surface area contributed by atoms with E-state index in [1.54, 1.807) is 27.7 Å². The van der Waals surface area contributed by atoms with Crippen LogP contribution in [0.15, 0.2) is 54.6 Å². The van der Waals surface area contributed by atoms with Gasteiger partial charge in [-0.15, -0.1) is 0 Å². The molecule has 0 aliphatic rings. The van der Waals surface area contributed by atoms with Crippen LogP contribution < -0.4 is 0 Å². The number of carboxylic acid groups (broad SMARTS) is 1. The Bertz CT molecular complexity index is 670. The first-order valence-corrected chi connectivity index (χ1v) is 7.75. The molecular weight excluding hydrogens is 288 g/mol. The van der Waals surface area contributed by atoms with Gasteiger partial charge in [-0.05, 0) is 30.5 Å². The fourth-order valence-corrected chi connectivity index (χ4v) is 2.52. The van der Waals surface area contributed by atoms with Crippen LogP contribution in [0.1, 0.15) is 39.4 Å². The Morgan fingerprint density at radius 1 is 0.870 bits per heavy atom. The van der Waals surface area contributed by atoms with Crippen LogP contribution in [-0.2, 0) is 4.79 Å². The van der Waals surface area contributed by atoms with E-state index in [1.165, 1.54) is 0 Å². The molecule has 0 spiro atoms. The van der Waals surface area contributed by atoms with Crippen molar-refractivity contribution < 1.29 is 15.0 Å². The van der Waals surface area contributed by atoms with Gasteiger partial charge in [0.25, 0.3) is 0 Å². The van der Waals surface area contributed by atoms with E-state index in [2.05, 4.69) is 0 Å². The van der Waals surface area contributed by atoms with Crippen LogP contribution in [0.3, 0.4) is 0 Å². The molecule has 0 aromatic heterocycles. The summed E-state index contributed by atoms with van der Waals surface area (Å²) in [6.45, 7) is 6.88. The molecule has 0 heterocycles. The number of hydrogen-bond acceptors (Lipinski definition) is 2. The van der Waals surface area contributed by atoms with Gasteiger partial charge in [0.1, 0.15) is 0 Å². The number of aliphatic hydroxyl groups excluding tert-OH is 1. The predicted molar refractivity (Wildman–Crippen MR) is 92.0 cm³/mol. The zero-order valence-corrected chi connectivity index (χ0v) is 14.1. The largest absolute Gasteiger partial charge is 0.481 e. The quantitative estimate of drug-likeness (QED) is 0.853. The third-order valence-corrected chi connectivity index (χ3v) is 5.16. The number of carboxylic acids is 1. The highest BCUT2D eigenvalue weighted by Gasteiger charge is 2.48. The second-order valence-corrected chi connectivity index (χ2v) is 7.04. The Morgan fingerprint density at radius 2 is 1.35 bits per heavy atom. The highest BCUT2D eigenvalue weighted by atomic mass is 16.4. The zero-order valence-electron chi connectivity index (χ0n) is 14.1. The van der Waals surface area contributed by atoms with Crippen molar-refractivity contribution in [3.05, 3.63) is 60.2 Å². The van der Waals surface area contributed by atoms with E-state index in [-0.39, 0.29) is 0 Å². The number of carbonyl (C=O) groups is 1. The number of aliphatic carboxylic acids is 1. The minimum Gasteiger partial charge on any atom is -0.481 e. The molecule has 0 saturated heterocycles. The van der Waals surface area contributed by atoms with Crippen LogP contribution >= 0.6 is 0 Å². The summed E-state index contributed by atoms with van der Waals surface area (Å²) in [7, 11) is 0. The number of aliphatic hydroxyl groups is 1. The van der Waals surface area contributed by atoms with Crippen molar-refractivity contribution in [1.82, 2.24) is 0 Å².